The number of pyridine rings is 3. The molecule has 0 radical (unpaired) electrons. The quantitative estimate of drug-likeness (QED) is 0.461. The lowest BCUT2D eigenvalue weighted by Gasteiger charge is -2.23. The summed E-state index contributed by atoms with van der Waals surface area (Å²) in [5, 5.41) is 10.5. The van der Waals surface area contributed by atoms with Crippen LogP contribution in [0.4, 0.5) is 0 Å². The number of hydrogen-bond acceptors (Lipinski definition) is 8. The lowest BCUT2D eigenvalue weighted by molar-refractivity contribution is 0.233. The average Bonchev–Trinajstić information content (AvgIpc) is 2.89. The van der Waals surface area contributed by atoms with Gasteiger partial charge >= 0.3 is 0 Å². The molecule has 0 aromatic carbocycles. The normalized spacial score (nSPS) is 16.4. The highest BCUT2D eigenvalue weighted by Crippen LogP contribution is 2.26. The Bertz CT molecular complexity index is 902. The summed E-state index contributed by atoms with van der Waals surface area (Å²) in [5.41, 5.74) is 3.21. The van der Waals surface area contributed by atoms with Gasteiger partial charge in [-0.2, -0.15) is 0 Å². The van der Waals surface area contributed by atoms with E-state index in [0.717, 1.165) is 93.8 Å². The average molecular weight is 462 g/mol. The zero-order chi connectivity index (χ0) is 23.3. The predicted molar refractivity (Wildman–Crippen MR) is 136 cm³/mol. The molecule has 1 fully saturated rings. The largest absolute Gasteiger partial charge is 0.493 e. The summed E-state index contributed by atoms with van der Waals surface area (Å²) >= 11 is 0. The number of nitrogens with zero attached hydrogens (tertiary/aromatic N) is 4. The molecule has 3 aromatic rings. The van der Waals surface area contributed by atoms with Crippen molar-refractivity contribution in [2.24, 2.45) is 0 Å². The zero-order valence-electron chi connectivity index (χ0n) is 19.7. The fourth-order valence-electron chi connectivity index (χ4n) is 3.90. The molecule has 0 saturated carbocycles. The molecule has 3 aromatic heterocycles. The van der Waals surface area contributed by atoms with Gasteiger partial charge in [0.25, 0.3) is 0 Å². The van der Waals surface area contributed by atoms with Gasteiger partial charge in [0.1, 0.15) is 5.75 Å². The molecule has 4 rings (SSSR count). The first-order valence-electron chi connectivity index (χ1n) is 12.2. The van der Waals surface area contributed by atoms with Crippen LogP contribution in [-0.2, 0) is 0 Å². The molecule has 1 aliphatic rings. The third-order valence-corrected chi connectivity index (χ3v) is 5.71. The first-order chi connectivity index (χ1) is 16.9. The van der Waals surface area contributed by atoms with Crippen LogP contribution in [-0.4, -0.2) is 85.4 Å². The van der Waals surface area contributed by atoms with Gasteiger partial charge < -0.3 is 25.6 Å². The zero-order valence-corrected chi connectivity index (χ0v) is 19.7. The third kappa shape index (κ3) is 7.85. The van der Waals surface area contributed by atoms with Crippen LogP contribution >= 0.6 is 0 Å². The van der Waals surface area contributed by atoms with Crippen molar-refractivity contribution in [1.29, 1.82) is 0 Å². The Hall–Kier alpha value is -2.91. The van der Waals surface area contributed by atoms with Crippen molar-refractivity contribution in [3.63, 3.8) is 0 Å². The van der Waals surface area contributed by atoms with E-state index in [9.17, 15) is 0 Å². The summed E-state index contributed by atoms with van der Waals surface area (Å²) in [7, 11) is 0. The summed E-state index contributed by atoms with van der Waals surface area (Å²) in [5.74, 6) is 0.792. The first kappa shape index (κ1) is 24.2. The number of aromatic nitrogens is 3. The minimum atomic E-state index is 0.647. The Morgan fingerprint density at radius 2 is 1.26 bits per heavy atom. The topological polar surface area (TPSA) is 87.2 Å². The van der Waals surface area contributed by atoms with E-state index in [1.54, 1.807) is 12.4 Å². The number of nitrogens with one attached hydrogen (secondary N) is 3. The Balaban J connectivity index is 1.36. The van der Waals surface area contributed by atoms with E-state index in [4.69, 9.17) is 9.72 Å². The van der Waals surface area contributed by atoms with Gasteiger partial charge in [0.05, 0.1) is 29.4 Å². The molecule has 1 aliphatic heterocycles. The van der Waals surface area contributed by atoms with Gasteiger partial charge in [0.2, 0.25) is 0 Å². The number of hydrogen-bond donors (Lipinski definition) is 3. The molecule has 0 atom stereocenters. The predicted octanol–water partition coefficient (Wildman–Crippen LogP) is 2.06. The minimum absolute atomic E-state index is 0.647. The fraction of sp³-hybridized carbons (Fsp3) is 0.423. The maximum absolute atomic E-state index is 6.20. The monoisotopic (exact) mass is 461 g/mol. The molecule has 0 amide bonds. The van der Waals surface area contributed by atoms with Crippen LogP contribution < -0.4 is 20.7 Å². The van der Waals surface area contributed by atoms with E-state index in [1.165, 1.54) is 0 Å². The highest BCUT2D eigenvalue weighted by Gasteiger charge is 2.10. The van der Waals surface area contributed by atoms with Crippen LogP contribution in [0.25, 0.3) is 22.8 Å². The fourth-order valence-corrected chi connectivity index (χ4v) is 3.90. The molecule has 4 heterocycles. The minimum Gasteiger partial charge on any atom is -0.493 e. The SMILES string of the molecule is c1ccc(-c2cc(OCCCN3CCNCCNCCNCC3)cc(-c3ccccn3)n2)nc1. The molecule has 1 saturated heterocycles. The van der Waals surface area contributed by atoms with Crippen LogP contribution in [0.3, 0.4) is 0 Å². The van der Waals surface area contributed by atoms with Gasteiger partial charge in [-0.3, -0.25) is 9.97 Å². The van der Waals surface area contributed by atoms with Crippen molar-refractivity contribution in [3.05, 3.63) is 60.9 Å². The lowest BCUT2D eigenvalue weighted by Crippen LogP contribution is -2.42. The highest BCUT2D eigenvalue weighted by atomic mass is 16.5. The van der Waals surface area contributed by atoms with Crippen molar-refractivity contribution < 1.29 is 4.74 Å². The molecule has 0 bridgehead atoms. The second-order valence-electron chi connectivity index (χ2n) is 8.30. The summed E-state index contributed by atoms with van der Waals surface area (Å²) < 4.78 is 6.20. The van der Waals surface area contributed by atoms with E-state index in [-0.39, 0.29) is 0 Å². The van der Waals surface area contributed by atoms with Gasteiger partial charge in [-0.1, -0.05) is 12.1 Å². The molecule has 0 unspecified atom stereocenters. The Morgan fingerprint density at radius 3 is 1.79 bits per heavy atom. The second kappa shape index (κ2) is 13.7. The molecule has 8 nitrogen and oxygen atoms in total. The van der Waals surface area contributed by atoms with Crippen LogP contribution in [0.1, 0.15) is 6.42 Å². The number of rotatable bonds is 7. The van der Waals surface area contributed by atoms with E-state index in [2.05, 4.69) is 30.8 Å². The summed E-state index contributed by atoms with van der Waals surface area (Å²) in [4.78, 5) is 16.2. The lowest BCUT2D eigenvalue weighted by atomic mass is 10.2. The van der Waals surface area contributed by atoms with Crippen molar-refractivity contribution in [1.82, 2.24) is 35.8 Å². The molecule has 0 aliphatic carbocycles. The van der Waals surface area contributed by atoms with E-state index < -0.39 is 0 Å². The van der Waals surface area contributed by atoms with Crippen LogP contribution in [0.5, 0.6) is 5.75 Å². The second-order valence-corrected chi connectivity index (χ2v) is 8.30. The van der Waals surface area contributed by atoms with Crippen LogP contribution in [0.15, 0.2) is 60.9 Å². The van der Waals surface area contributed by atoms with Crippen molar-refractivity contribution in [3.8, 4) is 28.5 Å². The Kier molecular flexibility index (Phi) is 9.77. The summed E-state index contributed by atoms with van der Waals surface area (Å²) in [6.45, 7) is 9.81. The van der Waals surface area contributed by atoms with Crippen molar-refractivity contribution in [2.45, 2.75) is 6.42 Å². The highest BCUT2D eigenvalue weighted by molar-refractivity contribution is 5.64. The molecule has 3 N–H and O–H groups in total. The molecule has 0 spiro atoms. The molecular formula is C26H35N7O. The summed E-state index contributed by atoms with van der Waals surface area (Å²) in [6.07, 6.45) is 4.52. The Labute approximate surface area is 202 Å². The van der Waals surface area contributed by atoms with Crippen LogP contribution in [0.2, 0.25) is 0 Å². The smallest absolute Gasteiger partial charge is 0.123 e. The Morgan fingerprint density at radius 1 is 0.706 bits per heavy atom. The van der Waals surface area contributed by atoms with Gasteiger partial charge in [-0.15, -0.1) is 0 Å². The van der Waals surface area contributed by atoms with E-state index in [0.29, 0.717) is 6.61 Å². The van der Waals surface area contributed by atoms with Crippen LogP contribution in [0, 0.1) is 0 Å². The summed E-state index contributed by atoms with van der Waals surface area (Å²) in [6, 6.07) is 15.6. The molecule has 8 heteroatoms. The van der Waals surface area contributed by atoms with E-state index in [1.807, 2.05) is 48.5 Å². The van der Waals surface area contributed by atoms with Crippen molar-refractivity contribution in [2.75, 3.05) is 65.5 Å². The maximum Gasteiger partial charge on any atom is 0.123 e. The molecule has 180 valence electrons. The van der Waals surface area contributed by atoms with Gasteiger partial charge in [-0.05, 0) is 30.7 Å². The molecule has 34 heavy (non-hydrogen) atoms. The standard InChI is InChI=1S/C26H35N7O/c1-3-8-30-23(6-1)25-20-22(21-26(32-25)24-7-2-4-9-31-24)34-19-5-16-33-17-14-28-12-10-27-11-13-29-15-18-33/h1-4,6-9,20-21,27-29H,5,10-19H2. The first-order valence-corrected chi connectivity index (χ1v) is 12.2. The van der Waals surface area contributed by atoms with Gasteiger partial charge in [-0.25, -0.2) is 4.98 Å². The van der Waals surface area contributed by atoms with Gasteiger partial charge in [0, 0.05) is 83.4 Å². The van der Waals surface area contributed by atoms with E-state index >= 15 is 0 Å². The number of ether oxygens (including phenoxy) is 1. The van der Waals surface area contributed by atoms with Gasteiger partial charge in [0.15, 0.2) is 0 Å². The van der Waals surface area contributed by atoms with Crippen molar-refractivity contribution >= 4 is 0 Å². The third-order valence-electron chi connectivity index (χ3n) is 5.71. The molecular weight excluding hydrogens is 426 g/mol. The maximum atomic E-state index is 6.20.